The molecule has 2 rings (SSSR count). The molecule has 1 fully saturated rings. The van der Waals surface area contributed by atoms with E-state index < -0.39 is 40.9 Å². The van der Waals surface area contributed by atoms with Gasteiger partial charge in [-0.25, -0.2) is 8.78 Å². The molecule has 0 aliphatic heterocycles. The largest absolute Gasteiger partial charge is 0.416 e. The number of hydrogen-bond donors (Lipinski definition) is 2. The molecule has 1 aliphatic rings. The first-order valence-electron chi connectivity index (χ1n) is 6.73. The first kappa shape index (κ1) is 16.7. The lowest BCUT2D eigenvalue weighted by Gasteiger charge is -2.26. The Kier molecular flexibility index (Phi) is 4.69. The zero-order valence-corrected chi connectivity index (χ0v) is 11.4. The predicted octanol–water partition coefficient (Wildman–Crippen LogP) is 3.02. The van der Waals surface area contributed by atoms with Crippen molar-refractivity contribution in [3.8, 4) is 0 Å². The average Bonchev–Trinajstić information content (AvgIpc) is 2.39. The Morgan fingerprint density at radius 1 is 1.09 bits per heavy atom. The highest BCUT2D eigenvalue weighted by Gasteiger charge is 2.34. The van der Waals surface area contributed by atoms with Crippen LogP contribution in [0, 0.1) is 11.6 Å². The lowest BCUT2D eigenvalue weighted by atomic mass is 9.93. The third kappa shape index (κ3) is 3.73. The predicted molar refractivity (Wildman–Crippen MR) is 67.1 cm³/mol. The summed E-state index contributed by atoms with van der Waals surface area (Å²) in [5.74, 6) is -4.20. The Morgan fingerprint density at radius 3 is 2.05 bits per heavy atom. The molecule has 0 spiro atoms. The number of aliphatic hydroxyl groups excluding tert-OH is 1. The van der Waals surface area contributed by atoms with Crippen LogP contribution in [0.1, 0.15) is 41.6 Å². The van der Waals surface area contributed by atoms with Crippen molar-refractivity contribution in [1.82, 2.24) is 5.32 Å². The van der Waals surface area contributed by atoms with Gasteiger partial charge < -0.3 is 10.4 Å². The number of aliphatic hydroxyl groups is 1. The Labute approximate surface area is 123 Å². The lowest BCUT2D eigenvalue weighted by molar-refractivity contribution is -0.138. The second-order valence-corrected chi connectivity index (χ2v) is 5.29. The summed E-state index contributed by atoms with van der Waals surface area (Å²) in [5.41, 5.74) is -2.51. The van der Waals surface area contributed by atoms with Crippen LogP contribution >= 0.6 is 0 Å². The number of carbonyl (C=O) groups excluding carboxylic acids is 1. The smallest absolute Gasteiger partial charge is 0.393 e. The van der Waals surface area contributed by atoms with E-state index in [0.29, 0.717) is 25.7 Å². The molecule has 1 saturated carbocycles. The van der Waals surface area contributed by atoms with E-state index in [4.69, 9.17) is 0 Å². The highest BCUT2D eigenvalue weighted by molar-refractivity contribution is 5.95. The molecule has 0 heterocycles. The maximum atomic E-state index is 13.7. The van der Waals surface area contributed by atoms with Crippen LogP contribution in [0.25, 0.3) is 0 Å². The first-order valence-corrected chi connectivity index (χ1v) is 6.73. The zero-order valence-electron chi connectivity index (χ0n) is 11.4. The molecule has 0 atom stereocenters. The van der Waals surface area contributed by atoms with Gasteiger partial charge in [0.1, 0.15) is 17.2 Å². The lowest BCUT2D eigenvalue weighted by Crippen LogP contribution is -2.39. The number of rotatable bonds is 2. The third-order valence-corrected chi connectivity index (χ3v) is 3.63. The average molecular weight is 323 g/mol. The fraction of sp³-hybridized carbons (Fsp3) is 0.500. The van der Waals surface area contributed by atoms with Crippen molar-refractivity contribution in [3.63, 3.8) is 0 Å². The van der Waals surface area contributed by atoms with Crippen molar-refractivity contribution >= 4 is 5.91 Å². The van der Waals surface area contributed by atoms with Crippen molar-refractivity contribution in [1.29, 1.82) is 0 Å². The summed E-state index contributed by atoms with van der Waals surface area (Å²) < 4.78 is 64.6. The van der Waals surface area contributed by atoms with Crippen LogP contribution < -0.4 is 5.32 Å². The molecule has 22 heavy (non-hydrogen) atoms. The van der Waals surface area contributed by atoms with Crippen LogP contribution in [0.15, 0.2) is 12.1 Å². The van der Waals surface area contributed by atoms with Crippen LogP contribution in [-0.4, -0.2) is 23.2 Å². The highest BCUT2D eigenvalue weighted by atomic mass is 19.4. The SMILES string of the molecule is O=C(NC1CCC(O)CC1)c1c(F)cc(C(F)(F)F)cc1F. The Balaban J connectivity index is 2.16. The molecule has 0 radical (unpaired) electrons. The van der Waals surface area contributed by atoms with E-state index in [-0.39, 0.29) is 18.2 Å². The van der Waals surface area contributed by atoms with Gasteiger partial charge in [0.05, 0.1) is 11.7 Å². The van der Waals surface area contributed by atoms with E-state index in [1.54, 1.807) is 0 Å². The summed E-state index contributed by atoms with van der Waals surface area (Å²) in [4.78, 5) is 11.9. The molecule has 0 saturated heterocycles. The van der Waals surface area contributed by atoms with Gasteiger partial charge in [-0.1, -0.05) is 0 Å². The molecule has 0 aromatic heterocycles. The second-order valence-electron chi connectivity index (χ2n) is 5.29. The van der Waals surface area contributed by atoms with E-state index in [0.717, 1.165) is 0 Å². The van der Waals surface area contributed by atoms with Crippen molar-refractivity contribution in [2.75, 3.05) is 0 Å². The van der Waals surface area contributed by atoms with E-state index >= 15 is 0 Å². The fourth-order valence-corrected chi connectivity index (χ4v) is 2.43. The maximum Gasteiger partial charge on any atom is 0.416 e. The van der Waals surface area contributed by atoms with Gasteiger partial charge in [-0.3, -0.25) is 4.79 Å². The molecule has 2 N–H and O–H groups in total. The molecule has 1 aromatic rings. The highest BCUT2D eigenvalue weighted by Crippen LogP contribution is 2.31. The van der Waals surface area contributed by atoms with Gasteiger partial charge in [0.2, 0.25) is 0 Å². The van der Waals surface area contributed by atoms with E-state index in [9.17, 15) is 31.9 Å². The van der Waals surface area contributed by atoms with Gasteiger partial charge in [0, 0.05) is 6.04 Å². The molecule has 0 unspecified atom stereocenters. The minimum atomic E-state index is -4.89. The molecule has 0 bridgehead atoms. The minimum Gasteiger partial charge on any atom is -0.393 e. The normalized spacial score (nSPS) is 22.5. The van der Waals surface area contributed by atoms with Gasteiger partial charge in [0.25, 0.3) is 5.91 Å². The summed E-state index contributed by atoms with van der Waals surface area (Å²) in [6, 6.07) is -0.164. The van der Waals surface area contributed by atoms with E-state index in [2.05, 4.69) is 5.32 Å². The van der Waals surface area contributed by atoms with Gasteiger partial charge in [-0.2, -0.15) is 13.2 Å². The fourth-order valence-electron chi connectivity index (χ4n) is 2.43. The Hall–Kier alpha value is -1.70. The van der Waals surface area contributed by atoms with E-state index in [1.807, 2.05) is 0 Å². The number of alkyl halides is 3. The number of carbonyl (C=O) groups is 1. The number of halogens is 5. The number of benzene rings is 1. The zero-order chi connectivity index (χ0) is 16.5. The molecule has 3 nitrogen and oxygen atoms in total. The van der Waals surface area contributed by atoms with Crippen LogP contribution in [0.5, 0.6) is 0 Å². The van der Waals surface area contributed by atoms with Gasteiger partial charge in [-0.05, 0) is 37.8 Å². The van der Waals surface area contributed by atoms with Gasteiger partial charge >= 0.3 is 6.18 Å². The number of hydrogen-bond acceptors (Lipinski definition) is 2. The standard InChI is InChI=1S/C14H14F5NO2/c15-10-5-7(14(17,18)19)6-11(16)12(10)13(22)20-8-1-3-9(21)4-2-8/h5-6,8-9,21H,1-4H2,(H,20,22). The van der Waals surface area contributed by atoms with E-state index in [1.165, 1.54) is 0 Å². The summed E-state index contributed by atoms with van der Waals surface area (Å²) >= 11 is 0. The molecule has 1 aromatic carbocycles. The first-order chi connectivity index (χ1) is 10.2. The molecule has 8 heteroatoms. The monoisotopic (exact) mass is 323 g/mol. The molecular weight excluding hydrogens is 309 g/mol. The van der Waals surface area contributed by atoms with Crippen LogP contribution in [0.4, 0.5) is 22.0 Å². The van der Waals surface area contributed by atoms with Crippen LogP contribution in [0.2, 0.25) is 0 Å². The molecule has 1 aliphatic carbocycles. The summed E-state index contributed by atoms with van der Waals surface area (Å²) in [6.07, 6.45) is -3.58. The van der Waals surface area contributed by atoms with Crippen molar-refractivity contribution in [3.05, 3.63) is 34.9 Å². The molecule has 1 amide bonds. The van der Waals surface area contributed by atoms with Crippen molar-refractivity contribution in [2.24, 2.45) is 0 Å². The topological polar surface area (TPSA) is 49.3 Å². The Morgan fingerprint density at radius 2 is 1.59 bits per heavy atom. The second kappa shape index (κ2) is 6.20. The molecular formula is C14H14F5NO2. The third-order valence-electron chi connectivity index (χ3n) is 3.63. The van der Waals surface area contributed by atoms with Crippen LogP contribution in [-0.2, 0) is 6.18 Å². The number of amides is 1. The quantitative estimate of drug-likeness (QED) is 0.822. The summed E-state index contributed by atoms with van der Waals surface area (Å²) in [6.45, 7) is 0. The van der Waals surface area contributed by atoms with Crippen LogP contribution in [0.3, 0.4) is 0 Å². The van der Waals surface area contributed by atoms with Crippen molar-refractivity contribution in [2.45, 2.75) is 44.0 Å². The van der Waals surface area contributed by atoms with Crippen molar-refractivity contribution < 1.29 is 31.9 Å². The minimum absolute atomic E-state index is 0.0998. The number of nitrogens with one attached hydrogen (secondary N) is 1. The van der Waals surface area contributed by atoms with Gasteiger partial charge in [-0.15, -0.1) is 0 Å². The molecule has 122 valence electrons. The van der Waals surface area contributed by atoms with Gasteiger partial charge in [0.15, 0.2) is 0 Å². The Bertz CT molecular complexity index is 542. The summed E-state index contributed by atoms with van der Waals surface area (Å²) in [5, 5.41) is 11.7. The summed E-state index contributed by atoms with van der Waals surface area (Å²) in [7, 11) is 0. The maximum absolute atomic E-state index is 13.7.